The Labute approximate surface area is 184 Å². The van der Waals surface area contributed by atoms with Crippen molar-refractivity contribution in [2.24, 2.45) is 0 Å². The minimum absolute atomic E-state index is 0.0391. The SMILES string of the molecule is Cc1ccc(COc2ccc(/C=C(\C#N)C(=O)Nc3cccc(I)c3)cc2)cc1. The number of hydrogen-bond acceptors (Lipinski definition) is 3. The van der Waals surface area contributed by atoms with Gasteiger partial charge >= 0.3 is 0 Å². The van der Waals surface area contributed by atoms with E-state index in [1.807, 2.05) is 67.6 Å². The quantitative estimate of drug-likeness (QED) is 0.271. The van der Waals surface area contributed by atoms with Crippen LogP contribution in [0.2, 0.25) is 0 Å². The van der Waals surface area contributed by atoms with E-state index in [2.05, 4.69) is 40.0 Å². The first-order valence-corrected chi connectivity index (χ1v) is 10.1. The zero-order valence-electron chi connectivity index (χ0n) is 15.9. The summed E-state index contributed by atoms with van der Waals surface area (Å²) in [6.07, 6.45) is 1.56. The molecule has 3 aromatic rings. The van der Waals surface area contributed by atoms with Crippen LogP contribution in [0.5, 0.6) is 5.75 Å². The van der Waals surface area contributed by atoms with Crippen LogP contribution in [0.3, 0.4) is 0 Å². The first-order valence-electron chi connectivity index (χ1n) is 9.00. The maximum absolute atomic E-state index is 12.4. The monoisotopic (exact) mass is 494 g/mol. The molecular weight excluding hydrogens is 475 g/mol. The molecular formula is C24H19IN2O2. The van der Waals surface area contributed by atoms with E-state index in [1.54, 1.807) is 12.1 Å². The largest absolute Gasteiger partial charge is 0.489 e. The molecule has 1 N–H and O–H groups in total. The van der Waals surface area contributed by atoms with Gasteiger partial charge in [-0.15, -0.1) is 0 Å². The fourth-order valence-corrected chi connectivity index (χ4v) is 3.13. The Kier molecular flexibility index (Phi) is 7.04. The molecule has 0 fully saturated rings. The van der Waals surface area contributed by atoms with Crippen LogP contribution in [0.4, 0.5) is 5.69 Å². The van der Waals surface area contributed by atoms with Crippen LogP contribution in [0.25, 0.3) is 6.08 Å². The smallest absolute Gasteiger partial charge is 0.266 e. The summed E-state index contributed by atoms with van der Waals surface area (Å²) in [6, 6.07) is 24.9. The van der Waals surface area contributed by atoms with Crippen molar-refractivity contribution in [3.63, 3.8) is 0 Å². The Balaban J connectivity index is 1.64. The fourth-order valence-electron chi connectivity index (χ4n) is 2.59. The van der Waals surface area contributed by atoms with Gasteiger partial charge in [0.1, 0.15) is 24.0 Å². The Morgan fingerprint density at radius 2 is 1.83 bits per heavy atom. The lowest BCUT2D eigenvalue weighted by Crippen LogP contribution is -2.13. The van der Waals surface area contributed by atoms with Crippen molar-refractivity contribution in [2.45, 2.75) is 13.5 Å². The standard InChI is InChI=1S/C24H19IN2O2/c1-17-5-7-19(8-6-17)16-29-23-11-9-18(10-12-23)13-20(15-26)24(28)27-22-4-2-3-21(25)14-22/h2-14H,16H2,1H3,(H,27,28)/b20-13+. The van der Waals surface area contributed by atoms with Gasteiger partial charge in [-0.05, 0) is 77.0 Å². The molecule has 0 radical (unpaired) electrons. The number of carbonyl (C=O) groups excluding carboxylic acids is 1. The van der Waals surface area contributed by atoms with Crippen molar-refractivity contribution in [1.29, 1.82) is 5.26 Å². The van der Waals surface area contributed by atoms with Crippen LogP contribution in [-0.4, -0.2) is 5.91 Å². The van der Waals surface area contributed by atoms with Crippen LogP contribution in [-0.2, 0) is 11.4 Å². The molecule has 0 aliphatic heterocycles. The number of rotatable bonds is 6. The van der Waals surface area contributed by atoms with Crippen LogP contribution in [0.15, 0.2) is 78.4 Å². The molecule has 0 aromatic heterocycles. The molecule has 0 saturated heterocycles. The van der Waals surface area contributed by atoms with E-state index in [4.69, 9.17) is 4.74 Å². The molecule has 4 nitrogen and oxygen atoms in total. The number of nitriles is 1. The minimum atomic E-state index is -0.436. The predicted octanol–water partition coefficient (Wildman–Crippen LogP) is 5.72. The number of carbonyl (C=O) groups is 1. The molecule has 3 aromatic carbocycles. The van der Waals surface area contributed by atoms with Gasteiger partial charge in [0.2, 0.25) is 0 Å². The van der Waals surface area contributed by atoms with Crippen molar-refractivity contribution in [1.82, 2.24) is 0 Å². The first-order chi connectivity index (χ1) is 14.0. The number of benzene rings is 3. The molecule has 29 heavy (non-hydrogen) atoms. The number of halogens is 1. The van der Waals surface area contributed by atoms with E-state index >= 15 is 0 Å². The first kappa shape index (κ1) is 20.6. The van der Waals surface area contributed by atoms with Crippen molar-refractivity contribution in [3.05, 3.63) is 98.6 Å². The molecule has 0 aliphatic rings. The number of amides is 1. The third kappa shape index (κ3) is 6.19. The fraction of sp³-hybridized carbons (Fsp3) is 0.0833. The Bertz CT molecular complexity index is 1070. The Hall–Kier alpha value is -3.11. The molecule has 0 spiro atoms. The number of ether oxygens (including phenoxy) is 1. The summed E-state index contributed by atoms with van der Waals surface area (Å²) in [5, 5.41) is 12.1. The second-order valence-electron chi connectivity index (χ2n) is 6.48. The number of aryl methyl sites for hydroxylation is 1. The summed E-state index contributed by atoms with van der Waals surface area (Å²) in [5.74, 6) is 0.291. The van der Waals surface area contributed by atoms with E-state index in [0.29, 0.717) is 12.3 Å². The topological polar surface area (TPSA) is 62.1 Å². The van der Waals surface area contributed by atoms with Gasteiger partial charge in [0.25, 0.3) is 5.91 Å². The zero-order chi connectivity index (χ0) is 20.6. The lowest BCUT2D eigenvalue weighted by atomic mass is 10.1. The van der Waals surface area contributed by atoms with Crippen LogP contribution in [0.1, 0.15) is 16.7 Å². The Morgan fingerprint density at radius 3 is 2.48 bits per heavy atom. The van der Waals surface area contributed by atoms with Crippen molar-refractivity contribution >= 4 is 40.3 Å². The number of nitrogens with zero attached hydrogens (tertiary/aromatic N) is 1. The highest BCUT2D eigenvalue weighted by molar-refractivity contribution is 14.1. The van der Waals surface area contributed by atoms with Crippen LogP contribution >= 0.6 is 22.6 Å². The molecule has 0 heterocycles. The summed E-state index contributed by atoms with van der Waals surface area (Å²) in [4.78, 5) is 12.4. The van der Waals surface area contributed by atoms with Gasteiger partial charge in [0, 0.05) is 9.26 Å². The van der Waals surface area contributed by atoms with Crippen molar-refractivity contribution < 1.29 is 9.53 Å². The highest BCUT2D eigenvalue weighted by Gasteiger charge is 2.10. The average molecular weight is 494 g/mol. The van der Waals surface area contributed by atoms with Gasteiger partial charge < -0.3 is 10.1 Å². The van der Waals surface area contributed by atoms with Gasteiger partial charge in [-0.25, -0.2) is 0 Å². The lowest BCUT2D eigenvalue weighted by molar-refractivity contribution is -0.112. The normalized spacial score (nSPS) is 10.9. The molecule has 0 saturated carbocycles. The minimum Gasteiger partial charge on any atom is -0.489 e. The van der Waals surface area contributed by atoms with E-state index in [9.17, 15) is 10.1 Å². The third-order valence-corrected chi connectivity index (χ3v) is 4.84. The molecule has 1 amide bonds. The van der Waals surface area contributed by atoms with Crippen molar-refractivity contribution in [2.75, 3.05) is 5.32 Å². The highest BCUT2D eigenvalue weighted by atomic mass is 127. The van der Waals surface area contributed by atoms with Gasteiger partial charge in [-0.1, -0.05) is 48.0 Å². The predicted molar refractivity (Wildman–Crippen MR) is 123 cm³/mol. The second-order valence-corrected chi connectivity index (χ2v) is 7.72. The molecule has 5 heteroatoms. The van der Waals surface area contributed by atoms with Gasteiger partial charge in [0.05, 0.1) is 0 Å². The maximum atomic E-state index is 12.4. The van der Waals surface area contributed by atoms with Gasteiger partial charge in [-0.3, -0.25) is 4.79 Å². The van der Waals surface area contributed by atoms with Crippen molar-refractivity contribution in [3.8, 4) is 11.8 Å². The molecule has 0 unspecified atom stereocenters. The number of nitrogens with one attached hydrogen (secondary N) is 1. The molecule has 0 bridgehead atoms. The summed E-state index contributed by atoms with van der Waals surface area (Å²) in [6.45, 7) is 2.53. The van der Waals surface area contributed by atoms with E-state index < -0.39 is 5.91 Å². The zero-order valence-corrected chi connectivity index (χ0v) is 18.0. The van der Waals surface area contributed by atoms with Gasteiger partial charge in [0.15, 0.2) is 0 Å². The third-order valence-electron chi connectivity index (χ3n) is 4.16. The van der Waals surface area contributed by atoms with Gasteiger partial charge in [-0.2, -0.15) is 5.26 Å². The summed E-state index contributed by atoms with van der Waals surface area (Å²) >= 11 is 2.17. The summed E-state index contributed by atoms with van der Waals surface area (Å²) in [5.41, 5.74) is 3.75. The molecule has 0 aliphatic carbocycles. The summed E-state index contributed by atoms with van der Waals surface area (Å²) < 4.78 is 6.79. The lowest BCUT2D eigenvalue weighted by Gasteiger charge is -2.07. The molecule has 144 valence electrons. The van der Waals surface area contributed by atoms with E-state index in [-0.39, 0.29) is 5.57 Å². The van der Waals surface area contributed by atoms with Crippen LogP contribution in [0, 0.1) is 21.8 Å². The summed E-state index contributed by atoms with van der Waals surface area (Å²) in [7, 11) is 0. The number of anilines is 1. The average Bonchev–Trinajstić information content (AvgIpc) is 2.72. The van der Waals surface area contributed by atoms with E-state index in [1.165, 1.54) is 5.56 Å². The maximum Gasteiger partial charge on any atom is 0.266 e. The molecule has 3 rings (SSSR count). The Morgan fingerprint density at radius 1 is 1.10 bits per heavy atom. The number of hydrogen-bond donors (Lipinski definition) is 1. The molecule has 0 atom stereocenters. The van der Waals surface area contributed by atoms with E-state index in [0.717, 1.165) is 20.4 Å². The van der Waals surface area contributed by atoms with Crippen LogP contribution < -0.4 is 10.1 Å². The highest BCUT2D eigenvalue weighted by Crippen LogP contribution is 2.18. The second kappa shape index (κ2) is 9.89.